The number of carbonyl (C=O) groups is 1. The molecule has 24 heavy (non-hydrogen) atoms. The summed E-state index contributed by atoms with van der Waals surface area (Å²) in [4.78, 5) is 23.5. The SMILES string of the molecule is Cc1cnc(C(=O)N2C3CCC2Cn2c(nnc2C(C)C)C3)cn1. The van der Waals surface area contributed by atoms with E-state index in [2.05, 4.69) is 38.6 Å². The molecule has 7 heteroatoms. The largest absolute Gasteiger partial charge is 0.329 e. The molecule has 2 aliphatic rings. The minimum atomic E-state index is -0.0141. The van der Waals surface area contributed by atoms with Gasteiger partial charge in [0.05, 0.1) is 17.9 Å². The van der Waals surface area contributed by atoms with Crippen molar-refractivity contribution < 1.29 is 4.79 Å². The molecule has 0 spiro atoms. The smallest absolute Gasteiger partial charge is 0.274 e. The van der Waals surface area contributed by atoms with Gasteiger partial charge in [0.2, 0.25) is 0 Å². The molecule has 2 atom stereocenters. The second-order valence-corrected chi connectivity index (χ2v) is 7.08. The van der Waals surface area contributed by atoms with Crippen LogP contribution in [0.4, 0.5) is 0 Å². The lowest BCUT2D eigenvalue weighted by Gasteiger charge is -2.27. The van der Waals surface area contributed by atoms with E-state index in [1.54, 1.807) is 12.4 Å². The number of hydrogen-bond donors (Lipinski definition) is 0. The van der Waals surface area contributed by atoms with E-state index < -0.39 is 0 Å². The monoisotopic (exact) mass is 326 g/mol. The second kappa shape index (κ2) is 5.65. The van der Waals surface area contributed by atoms with Gasteiger partial charge in [0.1, 0.15) is 17.3 Å². The topological polar surface area (TPSA) is 76.8 Å². The Morgan fingerprint density at radius 2 is 1.96 bits per heavy atom. The average Bonchev–Trinajstić information content (AvgIpc) is 3.07. The summed E-state index contributed by atoms with van der Waals surface area (Å²) >= 11 is 0. The Morgan fingerprint density at radius 3 is 2.67 bits per heavy atom. The molecule has 0 N–H and O–H groups in total. The van der Waals surface area contributed by atoms with Crippen LogP contribution in [0, 0.1) is 6.92 Å². The molecule has 0 aromatic carbocycles. The highest BCUT2D eigenvalue weighted by Gasteiger charge is 2.41. The molecular weight excluding hydrogens is 304 g/mol. The highest BCUT2D eigenvalue weighted by atomic mass is 16.2. The second-order valence-electron chi connectivity index (χ2n) is 7.08. The van der Waals surface area contributed by atoms with Gasteiger partial charge in [-0.15, -0.1) is 10.2 Å². The van der Waals surface area contributed by atoms with Gasteiger partial charge in [0.15, 0.2) is 0 Å². The molecule has 0 aliphatic carbocycles. The Labute approximate surface area is 141 Å². The third kappa shape index (κ3) is 2.39. The van der Waals surface area contributed by atoms with Crippen molar-refractivity contribution in [3.63, 3.8) is 0 Å². The maximum absolute atomic E-state index is 13.0. The van der Waals surface area contributed by atoms with Crippen molar-refractivity contribution in [2.45, 2.75) is 64.6 Å². The van der Waals surface area contributed by atoms with Gasteiger partial charge >= 0.3 is 0 Å². The van der Waals surface area contributed by atoms with Crippen LogP contribution in [0.2, 0.25) is 0 Å². The minimum absolute atomic E-state index is 0.0141. The van der Waals surface area contributed by atoms with Gasteiger partial charge in [-0.1, -0.05) is 13.8 Å². The van der Waals surface area contributed by atoms with Gasteiger partial charge in [-0.25, -0.2) is 4.98 Å². The molecule has 4 heterocycles. The van der Waals surface area contributed by atoms with Gasteiger partial charge in [-0.3, -0.25) is 9.78 Å². The fourth-order valence-corrected chi connectivity index (χ4v) is 3.86. The van der Waals surface area contributed by atoms with Crippen LogP contribution < -0.4 is 0 Å². The summed E-state index contributed by atoms with van der Waals surface area (Å²) < 4.78 is 2.22. The quantitative estimate of drug-likeness (QED) is 0.840. The molecule has 1 saturated heterocycles. The van der Waals surface area contributed by atoms with Crippen molar-refractivity contribution in [3.05, 3.63) is 35.4 Å². The number of fused-ring (bicyclic) bond motifs is 3. The molecule has 126 valence electrons. The van der Waals surface area contributed by atoms with Crippen LogP contribution in [-0.2, 0) is 13.0 Å². The number of aromatic nitrogens is 5. The summed E-state index contributed by atoms with van der Waals surface area (Å²) in [6, 6.07) is 0.358. The number of nitrogens with zero attached hydrogens (tertiary/aromatic N) is 6. The van der Waals surface area contributed by atoms with Crippen LogP contribution in [0.5, 0.6) is 0 Å². The zero-order valence-corrected chi connectivity index (χ0v) is 14.3. The first-order valence-electron chi connectivity index (χ1n) is 8.58. The van der Waals surface area contributed by atoms with Crippen LogP contribution in [0.15, 0.2) is 12.4 Å². The molecule has 2 unspecified atom stereocenters. The number of aryl methyl sites for hydroxylation is 1. The van der Waals surface area contributed by atoms with E-state index in [0.717, 1.165) is 43.1 Å². The Balaban J connectivity index is 1.65. The van der Waals surface area contributed by atoms with Crippen molar-refractivity contribution in [2.24, 2.45) is 0 Å². The van der Waals surface area contributed by atoms with Crippen LogP contribution in [-0.4, -0.2) is 47.6 Å². The average molecular weight is 326 g/mol. The van der Waals surface area contributed by atoms with Gasteiger partial charge < -0.3 is 9.47 Å². The van der Waals surface area contributed by atoms with E-state index in [1.165, 1.54) is 0 Å². The van der Waals surface area contributed by atoms with Crippen LogP contribution >= 0.6 is 0 Å². The molecule has 2 aromatic heterocycles. The van der Waals surface area contributed by atoms with E-state index in [1.807, 2.05) is 11.8 Å². The maximum atomic E-state index is 13.0. The molecule has 2 aliphatic heterocycles. The van der Waals surface area contributed by atoms with Crippen molar-refractivity contribution in [2.75, 3.05) is 0 Å². The summed E-state index contributed by atoms with van der Waals surface area (Å²) in [5.41, 5.74) is 1.25. The van der Waals surface area contributed by atoms with Crippen LogP contribution in [0.1, 0.15) is 60.4 Å². The number of amides is 1. The Bertz CT molecular complexity index is 766. The lowest BCUT2D eigenvalue weighted by Crippen LogP contribution is -2.42. The van der Waals surface area contributed by atoms with Crippen molar-refractivity contribution in [3.8, 4) is 0 Å². The Morgan fingerprint density at radius 1 is 1.17 bits per heavy atom. The third-order valence-electron chi connectivity index (χ3n) is 5.04. The summed E-state index contributed by atoms with van der Waals surface area (Å²) in [6.45, 7) is 6.91. The zero-order valence-electron chi connectivity index (χ0n) is 14.3. The predicted molar refractivity (Wildman–Crippen MR) is 87.6 cm³/mol. The molecule has 7 nitrogen and oxygen atoms in total. The van der Waals surface area contributed by atoms with Crippen LogP contribution in [0.3, 0.4) is 0 Å². The maximum Gasteiger partial charge on any atom is 0.274 e. The van der Waals surface area contributed by atoms with Gasteiger partial charge in [-0.2, -0.15) is 0 Å². The lowest BCUT2D eigenvalue weighted by molar-refractivity contribution is 0.0658. The van der Waals surface area contributed by atoms with Gasteiger partial charge in [-0.05, 0) is 19.8 Å². The normalized spacial score (nSPS) is 22.6. The molecule has 0 saturated carbocycles. The molecule has 2 bridgehead atoms. The number of carbonyl (C=O) groups excluding carboxylic acids is 1. The predicted octanol–water partition coefficient (Wildman–Crippen LogP) is 1.73. The van der Waals surface area contributed by atoms with Gasteiger partial charge in [0, 0.05) is 31.1 Å². The van der Waals surface area contributed by atoms with Crippen molar-refractivity contribution in [1.82, 2.24) is 29.6 Å². The highest BCUT2D eigenvalue weighted by Crippen LogP contribution is 2.33. The highest BCUT2D eigenvalue weighted by molar-refractivity contribution is 5.92. The number of rotatable bonds is 2. The van der Waals surface area contributed by atoms with Crippen LogP contribution in [0.25, 0.3) is 0 Å². The van der Waals surface area contributed by atoms with E-state index in [-0.39, 0.29) is 18.0 Å². The molecule has 1 fully saturated rings. The summed E-state index contributed by atoms with van der Waals surface area (Å²) in [5, 5.41) is 8.74. The summed E-state index contributed by atoms with van der Waals surface area (Å²) in [7, 11) is 0. The molecule has 0 radical (unpaired) electrons. The van der Waals surface area contributed by atoms with Crippen molar-refractivity contribution in [1.29, 1.82) is 0 Å². The first-order valence-corrected chi connectivity index (χ1v) is 8.58. The molecular formula is C17H22N6O. The standard InChI is InChI=1S/C17H22N6O/c1-10(2)16-21-20-15-6-12-4-5-13(9-22(15)16)23(12)17(24)14-8-18-11(3)7-19-14/h7-8,10,12-13H,4-6,9H2,1-3H3. The summed E-state index contributed by atoms with van der Waals surface area (Å²) in [6.07, 6.45) is 6.03. The van der Waals surface area contributed by atoms with E-state index in [0.29, 0.717) is 11.6 Å². The molecule has 1 amide bonds. The van der Waals surface area contributed by atoms with Crippen molar-refractivity contribution >= 4 is 5.91 Å². The molecule has 4 rings (SSSR count). The third-order valence-corrected chi connectivity index (χ3v) is 5.04. The Kier molecular flexibility index (Phi) is 3.58. The summed E-state index contributed by atoms with van der Waals surface area (Å²) in [5.74, 6) is 2.33. The number of hydrogen-bond acceptors (Lipinski definition) is 5. The van der Waals surface area contributed by atoms with E-state index >= 15 is 0 Å². The first-order chi connectivity index (χ1) is 11.5. The fraction of sp³-hybridized carbons (Fsp3) is 0.588. The first kappa shape index (κ1) is 15.2. The Hall–Kier alpha value is -2.31. The van der Waals surface area contributed by atoms with E-state index in [9.17, 15) is 4.79 Å². The lowest BCUT2D eigenvalue weighted by atomic mass is 10.1. The minimum Gasteiger partial charge on any atom is -0.329 e. The van der Waals surface area contributed by atoms with Gasteiger partial charge in [0.25, 0.3) is 5.91 Å². The zero-order chi connectivity index (χ0) is 16.8. The molecule has 2 aromatic rings. The van der Waals surface area contributed by atoms with E-state index in [4.69, 9.17) is 0 Å². The fourth-order valence-electron chi connectivity index (χ4n) is 3.86.